The monoisotopic (exact) mass is 423 g/mol. The van der Waals surface area contributed by atoms with E-state index in [1.807, 2.05) is 0 Å². The predicted octanol–water partition coefficient (Wildman–Crippen LogP) is 6.24. The van der Waals surface area contributed by atoms with E-state index in [4.69, 9.17) is 5.41 Å². The van der Waals surface area contributed by atoms with E-state index in [9.17, 15) is 0 Å². The number of nitrogens with zero attached hydrogens (tertiary/aromatic N) is 2. The van der Waals surface area contributed by atoms with Crippen LogP contribution in [0.25, 0.3) is 0 Å². The number of halogens is 1. The summed E-state index contributed by atoms with van der Waals surface area (Å²) >= 11 is 0. The summed E-state index contributed by atoms with van der Waals surface area (Å²) in [5.41, 5.74) is 1.30. The third-order valence-electron chi connectivity index (χ3n) is 5.24. The number of hydrogen-bond acceptors (Lipinski definition) is 1. The summed E-state index contributed by atoms with van der Waals surface area (Å²) in [6, 6.07) is 10.5. The molecule has 0 aromatic heterocycles. The van der Waals surface area contributed by atoms with Crippen molar-refractivity contribution in [2.24, 2.45) is 0 Å². The van der Waals surface area contributed by atoms with Crippen LogP contribution in [0.3, 0.4) is 0 Å². The topological polar surface area (TPSA) is 30.3 Å². The number of unbranched alkanes of at least 4 members (excludes halogenated alkanes) is 9. The Morgan fingerprint density at radius 1 is 0.769 bits per heavy atom. The van der Waals surface area contributed by atoms with Crippen LogP contribution in [-0.2, 0) is 6.54 Å². The van der Waals surface area contributed by atoms with Gasteiger partial charge in [-0.2, -0.15) is 0 Å². The first kappa shape index (κ1) is 23.0. The van der Waals surface area contributed by atoms with Crippen LogP contribution >= 0.6 is 17.0 Å². The van der Waals surface area contributed by atoms with Crippen molar-refractivity contribution in [2.45, 2.75) is 77.7 Å². The summed E-state index contributed by atoms with van der Waals surface area (Å²) < 4.78 is 0. The smallest absolute Gasteiger partial charge is 0.194 e. The second-order valence-electron chi connectivity index (χ2n) is 7.40. The average Bonchev–Trinajstić information content (AvgIpc) is 2.97. The molecule has 0 aliphatic carbocycles. The van der Waals surface area contributed by atoms with E-state index in [0.717, 1.165) is 32.1 Å². The zero-order valence-corrected chi connectivity index (χ0v) is 18.3. The number of benzene rings is 1. The predicted molar refractivity (Wildman–Crippen MR) is 118 cm³/mol. The maximum absolute atomic E-state index is 8.39. The van der Waals surface area contributed by atoms with Gasteiger partial charge in [0.2, 0.25) is 0 Å². The molecule has 1 aliphatic heterocycles. The molecule has 26 heavy (non-hydrogen) atoms. The van der Waals surface area contributed by atoms with Gasteiger partial charge in [0, 0.05) is 26.2 Å². The summed E-state index contributed by atoms with van der Waals surface area (Å²) in [5.74, 6) is 0.722. The highest BCUT2D eigenvalue weighted by molar-refractivity contribution is 8.93. The quantitative estimate of drug-likeness (QED) is 0.380. The minimum absolute atomic E-state index is 0. The summed E-state index contributed by atoms with van der Waals surface area (Å²) in [4.78, 5) is 4.46. The van der Waals surface area contributed by atoms with Gasteiger partial charge in [0.15, 0.2) is 5.96 Å². The standard InChI is InChI=1S/C22H37N3.BrH/c1-2-3-4-5-6-7-8-9-10-14-17-24-18-19-25(22(24)23)20-21-15-12-11-13-16-21;/h11-13,15-16,23H,2-10,14,17-20H2,1H3;1H. The summed E-state index contributed by atoms with van der Waals surface area (Å²) in [5, 5.41) is 8.39. The van der Waals surface area contributed by atoms with Gasteiger partial charge in [0.05, 0.1) is 0 Å². The molecule has 0 spiro atoms. The molecule has 1 aromatic rings. The van der Waals surface area contributed by atoms with Gasteiger partial charge in [0.1, 0.15) is 0 Å². The Labute approximate surface area is 171 Å². The van der Waals surface area contributed by atoms with Gasteiger partial charge >= 0.3 is 0 Å². The van der Waals surface area contributed by atoms with Crippen molar-refractivity contribution in [3.63, 3.8) is 0 Å². The number of rotatable bonds is 13. The second-order valence-corrected chi connectivity index (χ2v) is 7.40. The largest absolute Gasteiger partial charge is 0.341 e. The van der Waals surface area contributed by atoms with Crippen molar-refractivity contribution in [3.8, 4) is 0 Å². The van der Waals surface area contributed by atoms with Gasteiger partial charge in [-0.05, 0) is 12.0 Å². The highest BCUT2D eigenvalue weighted by atomic mass is 79.9. The minimum Gasteiger partial charge on any atom is -0.341 e. The number of nitrogens with one attached hydrogen (secondary N) is 1. The van der Waals surface area contributed by atoms with E-state index >= 15 is 0 Å². The third kappa shape index (κ3) is 8.57. The van der Waals surface area contributed by atoms with Gasteiger partial charge < -0.3 is 9.80 Å². The number of hydrogen-bond donors (Lipinski definition) is 1. The lowest BCUT2D eigenvalue weighted by atomic mass is 10.1. The van der Waals surface area contributed by atoms with E-state index in [1.165, 1.54) is 69.8 Å². The Morgan fingerprint density at radius 2 is 1.31 bits per heavy atom. The molecule has 2 rings (SSSR count). The van der Waals surface area contributed by atoms with E-state index in [0.29, 0.717) is 0 Å². The van der Waals surface area contributed by atoms with Crippen LogP contribution in [-0.4, -0.2) is 35.4 Å². The van der Waals surface area contributed by atoms with E-state index in [-0.39, 0.29) is 17.0 Å². The maximum atomic E-state index is 8.39. The zero-order chi connectivity index (χ0) is 17.7. The molecule has 3 nitrogen and oxygen atoms in total. The molecular formula is C22H38BrN3. The highest BCUT2D eigenvalue weighted by Gasteiger charge is 2.24. The Kier molecular flexibility index (Phi) is 12.5. The van der Waals surface area contributed by atoms with Gasteiger partial charge in [-0.15, -0.1) is 17.0 Å². The third-order valence-corrected chi connectivity index (χ3v) is 5.24. The van der Waals surface area contributed by atoms with Gasteiger partial charge in [-0.1, -0.05) is 95.0 Å². The van der Waals surface area contributed by atoms with E-state index < -0.39 is 0 Å². The Hall–Kier alpha value is -1.03. The SMILES string of the molecule is Br.CCCCCCCCCCCCN1CCN(Cc2ccccc2)C1=N. The zero-order valence-electron chi connectivity index (χ0n) is 16.6. The summed E-state index contributed by atoms with van der Waals surface area (Å²) in [6.07, 6.45) is 13.7. The minimum atomic E-state index is 0. The fourth-order valence-corrected chi connectivity index (χ4v) is 3.62. The maximum Gasteiger partial charge on any atom is 0.194 e. The Morgan fingerprint density at radius 3 is 1.92 bits per heavy atom. The molecule has 1 saturated heterocycles. The van der Waals surface area contributed by atoms with Crippen LogP contribution in [0, 0.1) is 5.41 Å². The van der Waals surface area contributed by atoms with Crippen molar-refractivity contribution in [1.29, 1.82) is 5.41 Å². The van der Waals surface area contributed by atoms with Crippen LogP contribution in [0.1, 0.15) is 76.7 Å². The molecule has 0 amide bonds. The first-order chi connectivity index (χ1) is 12.3. The molecule has 1 fully saturated rings. The first-order valence-electron chi connectivity index (χ1n) is 10.4. The van der Waals surface area contributed by atoms with Crippen LogP contribution in [0.15, 0.2) is 30.3 Å². The molecule has 0 unspecified atom stereocenters. The van der Waals surface area contributed by atoms with Crippen LogP contribution in [0.5, 0.6) is 0 Å². The number of guanidine groups is 1. The average molecular weight is 424 g/mol. The summed E-state index contributed by atoms with van der Waals surface area (Å²) in [7, 11) is 0. The molecule has 1 heterocycles. The molecule has 0 saturated carbocycles. The molecule has 1 aliphatic rings. The highest BCUT2D eigenvalue weighted by Crippen LogP contribution is 2.15. The fourth-order valence-electron chi connectivity index (χ4n) is 3.62. The summed E-state index contributed by atoms with van der Waals surface area (Å²) in [6.45, 7) is 6.21. The van der Waals surface area contributed by atoms with Crippen LogP contribution in [0.4, 0.5) is 0 Å². The Bertz CT molecular complexity index is 478. The first-order valence-corrected chi connectivity index (χ1v) is 10.4. The molecule has 1 N–H and O–H groups in total. The Balaban J connectivity index is 0.00000338. The van der Waals surface area contributed by atoms with E-state index in [2.05, 4.69) is 47.1 Å². The molecule has 148 valence electrons. The van der Waals surface area contributed by atoms with Crippen molar-refractivity contribution in [1.82, 2.24) is 9.80 Å². The van der Waals surface area contributed by atoms with Crippen molar-refractivity contribution in [3.05, 3.63) is 35.9 Å². The lowest BCUT2D eigenvalue weighted by Crippen LogP contribution is -2.32. The van der Waals surface area contributed by atoms with Crippen molar-refractivity contribution < 1.29 is 0 Å². The molecule has 0 radical (unpaired) electrons. The lowest BCUT2D eigenvalue weighted by Gasteiger charge is -2.21. The molecule has 4 heteroatoms. The van der Waals surface area contributed by atoms with Crippen LogP contribution in [0.2, 0.25) is 0 Å². The van der Waals surface area contributed by atoms with E-state index in [1.54, 1.807) is 0 Å². The van der Waals surface area contributed by atoms with Crippen LogP contribution < -0.4 is 0 Å². The molecule has 1 aromatic carbocycles. The fraction of sp³-hybridized carbons (Fsp3) is 0.682. The second kappa shape index (κ2) is 14.1. The molecular weight excluding hydrogens is 386 g/mol. The molecule has 0 atom stereocenters. The van der Waals surface area contributed by atoms with Gasteiger partial charge in [-0.25, -0.2) is 0 Å². The van der Waals surface area contributed by atoms with Crippen molar-refractivity contribution >= 4 is 22.9 Å². The van der Waals surface area contributed by atoms with Gasteiger partial charge in [0.25, 0.3) is 0 Å². The van der Waals surface area contributed by atoms with Crippen molar-refractivity contribution in [2.75, 3.05) is 19.6 Å². The lowest BCUT2D eigenvalue weighted by molar-refractivity contribution is 0.431. The van der Waals surface area contributed by atoms with Gasteiger partial charge in [-0.3, -0.25) is 5.41 Å². The normalized spacial score (nSPS) is 14.0. The molecule has 0 bridgehead atoms.